The standard InChI is InChI=1S/C9H17N3O3S/c1-4-15-5-6-16(13,14)12-9-7(2)8(3)10-11-9/h4-6H2,1-3H3,(H2,10,11,12). The van der Waals surface area contributed by atoms with E-state index in [0.717, 1.165) is 11.3 Å². The lowest BCUT2D eigenvalue weighted by Crippen LogP contribution is -2.20. The van der Waals surface area contributed by atoms with Gasteiger partial charge in [-0.05, 0) is 20.8 Å². The molecule has 0 saturated carbocycles. The molecule has 0 saturated heterocycles. The zero-order valence-corrected chi connectivity index (χ0v) is 10.5. The van der Waals surface area contributed by atoms with Crippen LogP contribution in [0, 0.1) is 13.8 Å². The Balaban J connectivity index is 2.62. The minimum absolute atomic E-state index is 0.0633. The molecular weight excluding hydrogens is 230 g/mol. The fourth-order valence-corrected chi connectivity index (χ4v) is 2.03. The Morgan fingerprint density at radius 1 is 1.44 bits per heavy atom. The van der Waals surface area contributed by atoms with Crippen LogP contribution in [0.1, 0.15) is 18.2 Å². The predicted octanol–water partition coefficient (Wildman–Crippen LogP) is 0.805. The van der Waals surface area contributed by atoms with Gasteiger partial charge in [0.15, 0.2) is 5.82 Å². The number of hydrogen-bond donors (Lipinski definition) is 2. The molecule has 7 heteroatoms. The molecule has 1 rings (SSSR count). The molecule has 92 valence electrons. The normalized spacial score (nSPS) is 11.7. The summed E-state index contributed by atoms with van der Waals surface area (Å²) in [5.74, 6) is 0.292. The molecule has 0 atom stereocenters. The van der Waals surface area contributed by atoms with Crippen molar-refractivity contribution in [2.45, 2.75) is 20.8 Å². The summed E-state index contributed by atoms with van der Waals surface area (Å²) in [6.07, 6.45) is 0. The predicted molar refractivity (Wildman–Crippen MR) is 62.0 cm³/mol. The van der Waals surface area contributed by atoms with Crippen LogP contribution in [0.2, 0.25) is 0 Å². The molecule has 0 amide bonds. The summed E-state index contributed by atoms with van der Waals surface area (Å²) in [5.41, 5.74) is 1.66. The molecular formula is C9H17N3O3S. The number of aryl methyl sites for hydroxylation is 1. The molecule has 0 fully saturated rings. The average molecular weight is 247 g/mol. The number of rotatable bonds is 6. The van der Waals surface area contributed by atoms with E-state index in [1.54, 1.807) is 6.92 Å². The number of sulfonamides is 1. The van der Waals surface area contributed by atoms with Crippen molar-refractivity contribution in [2.24, 2.45) is 0 Å². The smallest absolute Gasteiger partial charge is 0.236 e. The molecule has 0 unspecified atom stereocenters. The van der Waals surface area contributed by atoms with E-state index in [2.05, 4.69) is 14.9 Å². The first-order valence-corrected chi connectivity index (χ1v) is 6.71. The van der Waals surface area contributed by atoms with Gasteiger partial charge in [-0.15, -0.1) is 0 Å². The first-order valence-electron chi connectivity index (χ1n) is 5.06. The summed E-state index contributed by atoms with van der Waals surface area (Å²) in [6.45, 7) is 6.16. The molecule has 0 aromatic carbocycles. The summed E-state index contributed by atoms with van der Waals surface area (Å²) in [5, 5.41) is 6.59. The molecule has 0 aliphatic heterocycles. The fourth-order valence-electron chi connectivity index (χ4n) is 1.10. The van der Waals surface area contributed by atoms with Gasteiger partial charge in [-0.2, -0.15) is 5.10 Å². The first kappa shape index (κ1) is 13.0. The highest BCUT2D eigenvalue weighted by Crippen LogP contribution is 2.15. The van der Waals surface area contributed by atoms with E-state index in [4.69, 9.17) is 4.74 Å². The molecule has 0 radical (unpaired) electrons. The van der Waals surface area contributed by atoms with Gasteiger partial charge in [0.05, 0.1) is 12.4 Å². The summed E-state index contributed by atoms with van der Waals surface area (Å²) in [7, 11) is -3.37. The zero-order chi connectivity index (χ0) is 12.2. The van der Waals surface area contributed by atoms with E-state index < -0.39 is 10.0 Å². The van der Waals surface area contributed by atoms with Crippen molar-refractivity contribution in [1.82, 2.24) is 10.2 Å². The van der Waals surface area contributed by atoms with Crippen molar-refractivity contribution in [2.75, 3.05) is 23.7 Å². The highest BCUT2D eigenvalue weighted by Gasteiger charge is 2.14. The van der Waals surface area contributed by atoms with Crippen LogP contribution in [-0.4, -0.2) is 37.6 Å². The van der Waals surface area contributed by atoms with Crippen molar-refractivity contribution < 1.29 is 13.2 Å². The third kappa shape index (κ3) is 3.49. The summed E-state index contributed by atoms with van der Waals surface area (Å²) < 4.78 is 30.6. The Bertz CT molecular complexity index is 439. The Morgan fingerprint density at radius 2 is 2.12 bits per heavy atom. The number of anilines is 1. The maximum Gasteiger partial charge on any atom is 0.236 e. The number of nitrogens with one attached hydrogen (secondary N) is 2. The van der Waals surface area contributed by atoms with Crippen molar-refractivity contribution in [3.8, 4) is 0 Å². The van der Waals surface area contributed by atoms with E-state index >= 15 is 0 Å². The van der Waals surface area contributed by atoms with Crippen LogP contribution >= 0.6 is 0 Å². The van der Waals surface area contributed by atoms with Gasteiger partial charge < -0.3 is 4.74 Å². The van der Waals surface area contributed by atoms with Crippen LogP contribution in [0.15, 0.2) is 0 Å². The summed E-state index contributed by atoms with van der Waals surface area (Å²) >= 11 is 0. The Hall–Kier alpha value is -1.08. The van der Waals surface area contributed by atoms with E-state index in [1.807, 2.05) is 13.8 Å². The monoisotopic (exact) mass is 247 g/mol. The van der Waals surface area contributed by atoms with E-state index in [9.17, 15) is 8.42 Å². The zero-order valence-electron chi connectivity index (χ0n) is 9.70. The molecule has 1 aromatic rings. The second-order valence-corrected chi connectivity index (χ2v) is 5.28. The third-order valence-electron chi connectivity index (χ3n) is 2.21. The van der Waals surface area contributed by atoms with Gasteiger partial charge in [-0.3, -0.25) is 9.82 Å². The molecule has 0 bridgehead atoms. The quantitative estimate of drug-likeness (QED) is 0.728. The molecule has 0 aliphatic rings. The molecule has 2 N–H and O–H groups in total. The minimum Gasteiger partial charge on any atom is -0.381 e. The molecule has 0 aliphatic carbocycles. The van der Waals surface area contributed by atoms with Gasteiger partial charge >= 0.3 is 0 Å². The number of aromatic amines is 1. The topological polar surface area (TPSA) is 84.1 Å². The van der Waals surface area contributed by atoms with Gasteiger partial charge in [-0.25, -0.2) is 8.42 Å². The Labute approximate surface area is 95.4 Å². The summed E-state index contributed by atoms with van der Waals surface area (Å²) in [6, 6.07) is 0. The Morgan fingerprint density at radius 3 is 2.62 bits per heavy atom. The number of ether oxygens (including phenoxy) is 1. The van der Waals surface area contributed by atoms with Crippen molar-refractivity contribution in [3.63, 3.8) is 0 Å². The van der Waals surface area contributed by atoms with Crippen molar-refractivity contribution in [1.29, 1.82) is 0 Å². The van der Waals surface area contributed by atoms with Gasteiger partial charge in [0.25, 0.3) is 0 Å². The maximum absolute atomic E-state index is 11.6. The maximum atomic E-state index is 11.6. The van der Waals surface area contributed by atoms with Crippen LogP contribution in [-0.2, 0) is 14.8 Å². The van der Waals surface area contributed by atoms with Gasteiger partial charge in [0, 0.05) is 17.9 Å². The second-order valence-electron chi connectivity index (χ2n) is 3.44. The highest BCUT2D eigenvalue weighted by molar-refractivity contribution is 7.92. The summed E-state index contributed by atoms with van der Waals surface area (Å²) in [4.78, 5) is 0. The molecule has 1 heterocycles. The van der Waals surface area contributed by atoms with Crippen LogP contribution in [0.3, 0.4) is 0 Å². The molecule has 1 aromatic heterocycles. The second kappa shape index (κ2) is 5.31. The number of hydrogen-bond acceptors (Lipinski definition) is 4. The van der Waals surface area contributed by atoms with E-state index in [0.29, 0.717) is 12.4 Å². The number of nitrogens with zero attached hydrogens (tertiary/aromatic N) is 1. The lowest BCUT2D eigenvalue weighted by atomic mass is 10.3. The molecule has 0 spiro atoms. The van der Waals surface area contributed by atoms with Gasteiger partial charge in [-0.1, -0.05) is 0 Å². The molecule has 16 heavy (non-hydrogen) atoms. The van der Waals surface area contributed by atoms with E-state index in [-0.39, 0.29) is 12.4 Å². The third-order valence-corrected chi connectivity index (χ3v) is 3.41. The minimum atomic E-state index is -3.37. The van der Waals surface area contributed by atoms with Crippen LogP contribution < -0.4 is 4.72 Å². The largest absolute Gasteiger partial charge is 0.381 e. The van der Waals surface area contributed by atoms with Crippen LogP contribution in [0.5, 0.6) is 0 Å². The van der Waals surface area contributed by atoms with Crippen LogP contribution in [0.4, 0.5) is 5.82 Å². The first-order chi connectivity index (χ1) is 7.46. The molecule has 6 nitrogen and oxygen atoms in total. The van der Waals surface area contributed by atoms with Gasteiger partial charge in [0.1, 0.15) is 0 Å². The average Bonchev–Trinajstić information content (AvgIpc) is 2.49. The number of H-pyrrole nitrogens is 1. The van der Waals surface area contributed by atoms with Crippen molar-refractivity contribution >= 4 is 15.8 Å². The van der Waals surface area contributed by atoms with Crippen LogP contribution in [0.25, 0.3) is 0 Å². The fraction of sp³-hybridized carbons (Fsp3) is 0.667. The Kier molecular flexibility index (Phi) is 4.31. The highest BCUT2D eigenvalue weighted by atomic mass is 32.2. The lowest BCUT2D eigenvalue weighted by Gasteiger charge is -2.06. The SMILES string of the molecule is CCOCCS(=O)(=O)Nc1n[nH]c(C)c1C. The van der Waals surface area contributed by atoms with E-state index in [1.165, 1.54) is 0 Å². The van der Waals surface area contributed by atoms with Gasteiger partial charge in [0.2, 0.25) is 10.0 Å². The number of aromatic nitrogens is 2. The lowest BCUT2D eigenvalue weighted by molar-refractivity contribution is 0.163. The van der Waals surface area contributed by atoms with Crippen molar-refractivity contribution in [3.05, 3.63) is 11.3 Å².